The number of thioether (sulfide) groups is 3. The van der Waals surface area contributed by atoms with E-state index in [4.69, 9.17) is 0 Å². The van der Waals surface area contributed by atoms with Crippen LogP contribution < -0.4 is 0 Å². The van der Waals surface area contributed by atoms with E-state index in [-0.39, 0.29) is 9.19 Å². The maximum atomic E-state index is 11.2. The number of hydrogen-bond acceptors (Lipinski definition) is 4. The van der Waals surface area contributed by atoms with Gasteiger partial charge in [-0.05, 0) is 25.7 Å². The largest absolute Gasteiger partial charge is 0.285 e. The van der Waals surface area contributed by atoms with Crippen molar-refractivity contribution in [1.82, 2.24) is 0 Å². The Balaban J connectivity index is 4.17. The van der Waals surface area contributed by atoms with Gasteiger partial charge in [0.15, 0.2) is 0 Å². The third-order valence-corrected chi connectivity index (χ3v) is 5.30. The molecular formula is C6H12OS3. The Morgan fingerprint density at radius 3 is 1.70 bits per heavy atom. The van der Waals surface area contributed by atoms with Crippen LogP contribution in [0.3, 0.4) is 0 Å². The zero-order valence-electron chi connectivity index (χ0n) is 6.63. The van der Waals surface area contributed by atoms with Crippen LogP contribution in [0.2, 0.25) is 0 Å². The molecule has 0 amide bonds. The van der Waals surface area contributed by atoms with Gasteiger partial charge in [0.25, 0.3) is 0 Å². The molecule has 0 aliphatic heterocycles. The topological polar surface area (TPSA) is 17.1 Å². The maximum absolute atomic E-state index is 11.2. The molecule has 0 aliphatic rings. The van der Waals surface area contributed by atoms with Gasteiger partial charge in [0.05, 0.1) is 0 Å². The van der Waals surface area contributed by atoms with E-state index in [0.717, 1.165) is 0 Å². The van der Waals surface area contributed by atoms with E-state index < -0.39 is 0 Å². The minimum Gasteiger partial charge on any atom is -0.285 e. The molecule has 0 fully saturated rings. The van der Waals surface area contributed by atoms with Crippen molar-refractivity contribution in [3.05, 3.63) is 0 Å². The maximum Gasteiger partial charge on any atom is 0.214 e. The Labute approximate surface area is 75.1 Å². The highest BCUT2D eigenvalue weighted by Gasteiger charge is 2.29. The SMILES string of the molecule is CSC(=O)C(C)(SC)SC. The molecule has 0 unspecified atom stereocenters. The Kier molecular flexibility index (Phi) is 4.90. The molecule has 0 heterocycles. The normalized spacial score (nSPS) is 11.6. The Bertz CT molecular complexity index is 120. The second kappa shape index (κ2) is 4.57. The zero-order chi connectivity index (χ0) is 8.20. The molecular weight excluding hydrogens is 184 g/mol. The van der Waals surface area contributed by atoms with Gasteiger partial charge >= 0.3 is 0 Å². The summed E-state index contributed by atoms with van der Waals surface area (Å²) in [5, 5.41) is 0.243. The fourth-order valence-corrected chi connectivity index (χ4v) is 2.81. The first-order valence-corrected chi connectivity index (χ1v) is 6.47. The molecule has 0 aromatic rings. The van der Waals surface area contributed by atoms with Gasteiger partial charge in [0.2, 0.25) is 5.12 Å². The molecule has 0 spiro atoms. The summed E-state index contributed by atoms with van der Waals surface area (Å²) in [5.41, 5.74) is 0. The van der Waals surface area contributed by atoms with Crippen LogP contribution in [-0.4, -0.2) is 28.0 Å². The van der Waals surface area contributed by atoms with E-state index in [1.807, 2.05) is 25.7 Å². The molecule has 0 aliphatic carbocycles. The minimum absolute atomic E-state index is 0.243. The predicted molar refractivity (Wildman–Crippen MR) is 54.0 cm³/mol. The van der Waals surface area contributed by atoms with Crippen molar-refractivity contribution in [3.8, 4) is 0 Å². The van der Waals surface area contributed by atoms with E-state index in [0.29, 0.717) is 0 Å². The average molecular weight is 196 g/mol. The number of rotatable bonds is 3. The highest BCUT2D eigenvalue weighted by Crippen LogP contribution is 2.36. The molecule has 4 heteroatoms. The van der Waals surface area contributed by atoms with Crippen LogP contribution in [0.1, 0.15) is 6.92 Å². The lowest BCUT2D eigenvalue weighted by molar-refractivity contribution is -0.110. The first kappa shape index (κ1) is 10.7. The molecule has 0 saturated carbocycles. The van der Waals surface area contributed by atoms with Gasteiger partial charge in [-0.25, -0.2) is 0 Å². The first-order chi connectivity index (χ1) is 4.60. The lowest BCUT2D eigenvalue weighted by atomic mass is 10.5. The fraction of sp³-hybridized carbons (Fsp3) is 0.833. The van der Waals surface area contributed by atoms with E-state index in [1.165, 1.54) is 11.8 Å². The quantitative estimate of drug-likeness (QED) is 0.644. The summed E-state index contributed by atoms with van der Waals surface area (Å²) in [4.78, 5) is 11.2. The highest BCUT2D eigenvalue weighted by atomic mass is 32.2. The molecule has 0 saturated heterocycles. The molecule has 0 aromatic heterocycles. The van der Waals surface area contributed by atoms with Gasteiger partial charge in [-0.15, -0.1) is 23.5 Å². The third kappa shape index (κ3) is 2.40. The smallest absolute Gasteiger partial charge is 0.214 e. The standard InChI is InChI=1S/C6H12OS3/c1-6(9-3,10-4)5(7)8-2/h1-4H3. The molecule has 10 heavy (non-hydrogen) atoms. The van der Waals surface area contributed by atoms with Crippen LogP contribution in [0.15, 0.2) is 0 Å². The average Bonchev–Trinajstić information content (AvgIpc) is 2.01. The number of carbonyl (C=O) groups excluding carboxylic acids is 1. The second-order valence-corrected chi connectivity index (χ2v) is 5.33. The van der Waals surface area contributed by atoms with Crippen LogP contribution in [0.4, 0.5) is 0 Å². The Morgan fingerprint density at radius 1 is 1.20 bits per heavy atom. The molecule has 60 valence electrons. The summed E-state index contributed by atoms with van der Waals surface area (Å²) in [6.45, 7) is 1.96. The number of hydrogen-bond donors (Lipinski definition) is 0. The van der Waals surface area contributed by atoms with Crippen molar-refractivity contribution >= 4 is 40.4 Å². The molecule has 0 N–H and O–H groups in total. The lowest BCUT2D eigenvalue weighted by Crippen LogP contribution is -2.23. The predicted octanol–water partition coefficient (Wildman–Crippen LogP) is 2.32. The van der Waals surface area contributed by atoms with Crippen molar-refractivity contribution in [3.63, 3.8) is 0 Å². The van der Waals surface area contributed by atoms with Gasteiger partial charge in [0.1, 0.15) is 4.08 Å². The molecule has 0 rings (SSSR count). The first-order valence-electron chi connectivity index (χ1n) is 2.79. The summed E-state index contributed by atoms with van der Waals surface area (Å²) < 4.78 is -0.251. The Hall–Kier alpha value is 0.720. The van der Waals surface area contributed by atoms with Gasteiger partial charge in [-0.2, -0.15) is 0 Å². The molecule has 0 atom stereocenters. The van der Waals surface area contributed by atoms with E-state index in [9.17, 15) is 4.79 Å². The highest BCUT2D eigenvalue weighted by molar-refractivity contribution is 8.24. The number of carbonyl (C=O) groups is 1. The summed E-state index contributed by atoms with van der Waals surface area (Å²) in [7, 11) is 0. The fourth-order valence-electron chi connectivity index (χ4n) is 0.435. The van der Waals surface area contributed by atoms with Crippen molar-refractivity contribution in [2.75, 3.05) is 18.8 Å². The summed E-state index contributed by atoms with van der Waals surface area (Å²) >= 11 is 4.50. The van der Waals surface area contributed by atoms with E-state index in [2.05, 4.69) is 0 Å². The van der Waals surface area contributed by atoms with Crippen molar-refractivity contribution in [2.24, 2.45) is 0 Å². The van der Waals surface area contributed by atoms with Crippen LogP contribution in [0, 0.1) is 0 Å². The minimum atomic E-state index is -0.251. The third-order valence-electron chi connectivity index (χ3n) is 1.34. The van der Waals surface area contributed by atoms with Crippen LogP contribution >= 0.6 is 35.3 Å². The summed E-state index contributed by atoms with van der Waals surface area (Å²) in [6.07, 6.45) is 5.75. The van der Waals surface area contributed by atoms with Gasteiger partial charge in [-0.3, -0.25) is 4.79 Å². The molecule has 0 bridgehead atoms. The monoisotopic (exact) mass is 196 g/mol. The molecule has 0 radical (unpaired) electrons. The van der Waals surface area contributed by atoms with Crippen LogP contribution in [0.5, 0.6) is 0 Å². The van der Waals surface area contributed by atoms with Crippen LogP contribution in [0.25, 0.3) is 0 Å². The lowest BCUT2D eigenvalue weighted by Gasteiger charge is -2.21. The van der Waals surface area contributed by atoms with Crippen molar-refractivity contribution < 1.29 is 4.79 Å². The van der Waals surface area contributed by atoms with Gasteiger partial charge in [-0.1, -0.05) is 11.8 Å². The van der Waals surface area contributed by atoms with E-state index >= 15 is 0 Å². The van der Waals surface area contributed by atoms with Crippen molar-refractivity contribution in [2.45, 2.75) is 11.0 Å². The van der Waals surface area contributed by atoms with Crippen LogP contribution in [-0.2, 0) is 4.79 Å². The second-order valence-electron chi connectivity index (χ2n) is 1.85. The molecule has 0 aromatic carbocycles. The van der Waals surface area contributed by atoms with E-state index in [1.54, 1.807) is 23.5 Å². The molecule has 1 nitrogen and oxygen atoms in total. The zero-order valence-corrected chi connectivity index (χ0v) is 9.08. The Morgan fingerprint density at radius 2 is 1.60 bits per heavy atom. The summed E-state index contributed by atoms with van der Waals surface area (Å²) in [5.74, 6) is 0. The van der Waals surface area contributed by atoms with Gasteiger partial charge < -0.3 is 0 Å². The summed E-state index contributed by atoms with van der Waals surface area (Å²) in [6, 6.07) is 0. The van der Waals surface area contributed by atoms with Gasteiger partial charge in [0, 0.05) is 0 Å². The van der Waals surface area contributed by atoms with Crippen molar-refractivity contribution in [1.29, 1.82) is 0 Å².